The third-order valence-corrected chi connectivity index (χ3v) is 2.32. The molecular weight excluding hydrogens is 168 g/mol. The number of aliphatic hydroxyl groups is 1. The molecule has 76 valence electrons. The van der Waals surface area contributed by atoms with Crippen LogP contribution in [0.3, 0.4) is 0 Å². The van der Waals surface area contributed by atoms with Crippen molar-refractivity contribution >= 4 is 5.97 Å². The van der Waals surface area contributed by atoms with Gasteiger partial charge in [-0.3, -0.25) is 0 Å². The van der Waals surface area contributed by atoms with E-state index < -0.39 is 5.97 Å². The molecule has 2 N–H and O–H groups in total. The Labute approximate surface area is 79.1 Å². The summed E-state index contributed by atoms with van der Waals surface area (Å²) in [5, 5.41) is 17.9. The number of allylic oxidation sites excluding steroid dienone is 1. The second kappa shape index (κ2) is 5.62. The molecule has 0 radical (unpaired) electrons. The van der Waals surface area contributed by atoms with Crippen molar-refractivity contribution in [3.63, 3.8) is 0 Å². The molecular formula is C10H18O3. The third kappa shape index (κ3) is 4.55. The van der Waals surface area contributed by atoms with Crippen LogP contribution in [0.1, 0.15) is 40.0 Å². The Hall–Kier alpha value is -0.990. The second-order valence-corrected chi connectivity index (χ2v) is 3.43. The Morgan fingerprint density at radius 3 is 2.31 bits per heavy atom. The van der Waals surface area contributed by atoms with Crippen molar-refractivity contribution in [2.24, 2.45) is 5.92 Å². The molecule has 0 aliphatic rings. The molecule has 1 atom stereocenters. The van der Waals surface area contributed by atoms with Crippen LogP contribution in [0.15, 0.2) is 11.3 Å². The summed E-state index contributed by atoms with van der Waals surface area (Å²) in [5.41, 5.74) is 0.0586. The van der Waals surface area contributed by atoms with Crippen LogP contribution in [0, 0.1) is 5.92 Å². The lowest BCUT2D eigenvalue weighted by Gasteiger charge is -2.07. The quantitative estimate of drug-likeness (QED) is 0.512. The van der Waals surface area contributed by atoms with Crippen molar-refractivity contribution < 1.29 is 15.0 Å². The standard InChI is InChI=1S/C10H18O3/c1-4-7(2)5-6-9(11)8(3)10(12)13/h7,11H,4-6H2,1-3H3,(H,12,13). The molecule has 0 aliphatic carbocycles. The Morgan fingerprint density at radius 2 is 1.92 bits per heavy atom. The zero-order valence-electron chi connectivity index (χ0n) is 8.50. The van der Waals surface area contributed by atoms with Crippen molar-refractivity contribution in [2.75, 3.05) is 0 Å². The highest BCUT2D eigenvalue weighted by atomic mass is 16.4. The van der Waals surface area contributed by atoms with Crippen LogP contribution in [0.2, 0.25) is 0 Å². The van der Waals surface area contributed by atoms with Crippen molar-refractivity contribution in [1.29, 1.82) is 0 Å². The maximum Gasteiger partial charge on any atom is 0.334 e. The van der Waals surface area contributed by atoms with Gasteiger partial charge in [0.1, 0.15) is 5.76 Å². The Kier molecular flexibility index (Phi) is 5.19. The van der Waals surface area contributed by atoms with E-state index in [1.165, 1.54) is 6.92 Å². The highest BCUT2D eigenvalue weighted by molar-refractivity contribution is 5.86. The van der Waals surface area contributed by atoms with Gasteiger partial charge in [0.2, 0.25) is 0 Å². The Bertz CT molecular complexity index is 206. The summed E-state index contributed by atoms with van der Waals surface area (Å²) >= 11 is 0. The first-order chi connectivity index (χ1) is 5.99. The predicted octanol–water partition coefficient (Wildman–Crippen LogP) is 2.73. The van der Waals surface area contributed by atoms with Gasteiger partial charge in [0.05, 0.1) is 5.57 Å². The van der Waals surface area contributed by atoms with E-state index in [0.717, 1.165) is 12.8 Å². The summed E-state index contributed by atoms with van der Waals surface area (Å²) in [7, 11) is 0. The van der Waals surface area contributed by atoms with E-state index in [1.54, 1.807) is 0 Å². The number of hydrogen-bond donors (Lipinski definition) is 2. The highest BCUT2D eigenvalue weighted by Crippen LogP contribution is 2.15. The largest absolute Gasteiger partial charge is 0.512 e. The maximum absolute atomic E-state index is 10.4. The van der Waals surface area contributed by atoms with E-state index in [1.807, 2.05) is 0 Å². The van der Waals surface area contributed by atoms with E-state index in [-0.39, 0.29) is 11.3 Å². The molecule has 0 aromatic carbocycles. The summed E-state index contributed by atoms with van der Waals surface area (Å²) in [5.74, 6) is -0.502. The fraction of sp³-hybridized carbons (Fsp3) is 0.700. The van der Waals surface area contributed by atoms with Crippen LogP contribution in [-0.4, -0.2) is 16.2 Å². The van der Waals surface area contributed by atoms with Crippen molar-refractivity contribution in [1.82, 2.24) is 0 Å². The molecule has 0 heterocycles. The summed E-state index contributed by atoms with van der Waals surface area (Å²) < 4.78 is 0. The monoisotopic (exact) mass is 186 g/mol. The van der Waals surface area contributed by atoms with Crippen molar-refractivity contribution in [2.45, 2.75) is 40.0 Å². The lowest BCUT2D eigenvalue weighted by atomic mass is 10.0. The topological polar surface area (TPSA) is 57.5 Å². The highest BCUT2D eigenvalue weighted by Gasteiger charge is 2.08. The van der Waals surface area contributed by atoms with E-state index in [0.29, 0.717) is 12.3 Å². The average Bonchev–Trinajstić information content (AvgIpc) is 2.11. The molecule has 0 saturated heterocycles. The second-order valence-electron chi connectivity index (χ2n) is 3.43. The summed E-state index contributed by atoms with van der Waals surface area (Å²) in [4.78, 5) is 10.4. The molecule has 0 saturated carbocycles. The lowest BCUT2D eigenvalue weighted by Crippen LogP contribution is -2.02. The summed E-state index contributed by atoms with van der Waals surface area (Å²) in [6.45, 7) is 5.59. The van der Waals surface area contributed by atoms with Crippen LogP contribution in [0.5, 0.6) is 0 Å². The maximum atomic E-state index is 10.4. The van der Waals surface area contributed by atoms with Gasteiger partial charge in [-0.05, 0) is 19.3 Å². The van der Waals surface area contributed by atoms with E-state index in [2.05, 4.69) is 13.8 Å². The fourth-order valence-corrected chi connectivity index (χ4v) is 0.898. The molecule has 3 heteroatoms. The first-order valence-corrected chi connectivity index (χ1v) is 4.61. The number of carboxylic acids is 1. The van der Waals surface area contributed by atoms with Crippen LogP contribution in [0.25, 0.3) is 0 Å². The Balaban J connectivity index is 4.06. The van der Waals surface area contributed by atoms with Gasteiger partial charge < -0.3 is 10.2 Å². The van der Waals surface area contributed by atoms with Gasteiger partial charge in [0, 0.05) is 6.42 Å². The van der Waals surface area contributed by atoms with Crippen LogP contribution < -0.4 is 0 Å². The van der Waals surface area contributed by atoms with Gasteiger partial charge in [-0.15, -0.1) is 0 Å². The van der Waals surface area contributed by atoms with Crippen LogP contribution in [0.4, 0.5) is 0 Å². The molecule has 1 unspecified atom stereocenters. The van der Waals surface area contributed by atoms with Gasteiger partial charge in [-0.2, -0.15) is 0 Å². The number of hydrogen-bond acceptors (Lipinski definition) is 2. The third-order valence-electron chi connectivity index (χ3n) is 2.32. The van der Waals surface area contributed by atoms with Crippen LogP contribution >= 0.6 is 0 Å². The summed E-state index contributed by atoms with van der Waals surface area (Å²) in [6, 6.07) is 0. The van der Waals surface area contributed by atoms with Gasteiger partial charge in [-0.25, -0.2) is 4.79 Å². The van der Waals surface area contributed by atoms with Gasteiger partial charge in [0.15, 0.2) is 0 Å². The molecule has 0 bridgehead atoms. The van der Waals surface area contributed by atoms with E-state index >= 15 is 0 Å². The number of aliphatic carboxylic acids is 1. The minimum Gasteiger partial charge on any atom is -0.512 e. The molecule has 0 spiro atoms. The van der Waals surface area contributed by atoms with Gasteiger partial charge >= 0.3 is 5.97 Å². The fourth-order valence-electron chi connectivity index (χ4n) is 0.898. The zero-order valence-corrected chi connectivity index (χ0v) is 8.50. The molecule has 0 rings (SSSR count). The minimum absolute atomic E-state index is 0.00722. The molecule has 0 aromatic rings. The van der Waals surface area contributed by atoms with Crippen molar-refractivity contribution in [3.8, 4) is 0 Å². The molecule has 13 heavy (non-hydrogen) atoms. The van der Waals surface area contributed by atoms with Crippen molar-refractivity contribution in [3.05, 3.63) is 11.3 Å². The first-order valence-electron chi connectivity index (χ1n) is 4.61. The van der Waals surface area contributed by atoms with Crippen LogP contribution in [-0.2, 0) is 4.79 Å². The predicted molar refractivity (Wildman–Crippen MR) is 51.7 cm³/mol. The zero-order chi connectivity index (χ0) is 10.4. The average molecular weight is 186 g/mol. The van der Waals surface area contributed by atoms with E-state index in [9.17, 15) is 9.90 Å². The number of aliphatic hydroxyl groups excluding tert-OH is 1. The number of rotatable bonds is 5. The Morgan fingerprint density at radius 1 is 1.38 bits per heavy atom. The molecule has 0 amide bonds. The molecule has 3 nitrogen and oxygen atoms in total. The number of carbonyl (C=O) groups is 1. The molecule has 0 aromatic heterocycles. The van der Waals surface area contributed by atoms with E-state index in [4.69, 9.17) is 5.11 Å². The first kappa shape index (κ1) is 12.0. The number of carboxylic acid groups (broad SMARTS) is 1. The minimum atomic E-state index is -1.04. The molecule has 0 aliphatic heterocycles. The van der Waals surface area contributed by atoms with Gasteiger partial charge in [0.25, 0.3) is 0 Å². The SMILES string of the molecule is CCC(C)CCC(O)=C(C)C(=O)O. The van der Waals surface area contributed by atoms with Gasteiger partial charge in [-0.1, -0.05) is 20.3 Å². The smallest absolute Gasteiger partial charge is 0.334 e. The summed E-state index contributed by atoms with van der Waals surface area (Å²) in [6.07, 6.45) is 2.36. The normalized spacial score (nSPS) is 15.0. The molecule has 0 fully saturated rings. The lowest BCUT2D eigenvalue weighted by molar-refractivity contribution is -0.132.